The second-order valence-electron chi connectivity index (χ2n) is 9.26. The van der Waals surface area contributed by atoms with Crippen molar-refractivity contribution in [3.05, 3.63) is 71.9 Å². The number of fused-ring (bicyclic) bond motifs is 1. The summed E-state index contributed by atoms with van der Waals surface area (Å²) in [7, 11) is 0. The molecule has 0 radical (unpaired) electrons. The van der Waals surface area contributed by atoms with Crippen LogP contribution in [0.4, 0.5) is 0 Å². The van der Waals surface area contributed by atoms with Gasteiger partial charge in [-0.25, -0.2) is 14.8 Å². The number of nitrogens with one attached hydrogen (secondary N) is 1. The Morgan fingerprint density at radius 3 is 2.44 bits per heavy atom. The molecule has 10 nitrogen and oxygen atoms in total. The van der Waals surface area contributed by atoms with E-state index in [1.54, 1.807) is 12.1 Å². The quantitative estimate of drug-likeness (QED) is 0.222. The molecule has 0 aliphatic heterocycles. The number of H-pyrrole nitrogens is 1. The molecule has 0 saturated carbocycles. The highest BCUT2D eigenvalue weighted by molar-refractivity contribution is 6.03. The lowest BCUT2D eigenvalue weighted by molar-refractivity contribution is 0.0692. The number of unbranched alkanes of at least 4 members (excludes halogenated alkanes) is 1. The zero-order valence-electron chi connectivity index (χ0n) is 21.9. The van der Waals surface area contributed by atoms with Gasteiger partial charge in [0.25, 0.3) is 0 Å². The number of ether oxygens (including phenoxy) is 2. The first-order valence-corrected chi connectivity index (χ1v) is 12.8. The third-order valence-electron chi connectivity index (χ3n) is 6.07. The van der Waals surface area contributed by atoms with Gasteiger partial charge in [-0.15, -0.1) is 10.2 Å². The first kappa shape index (κ1) is 25.8. The fourth-order valence-electron chi connectivity index (χ4n) is 4.29. The van der Waals surface area contributed by atoms with Crippen molar-refractivity contribution in [3.63, 3.8) is 0 Å². The van der Waals surface area contributed by atoms with Crippen LogP contribution in [0.1, 0.15) is 49.7 Å². The van der Waals surface area contributed by atoms with Gasteiger partial charge in [-0.1, -0.05) is 49.7 Å². The van der Waals surface area contributed by atoms with Crippen molar-refractivity contribution in [1.82, 2.24) is 30.6 Å². The Bertz CT molecular complexity index is 1600. The van der Waals surface area contributed by atoms with Gasteiger partial charge in [0.2, 0.25) is 11.7 Å². The van der Waals surface area contributed by atoms with E-state index in [0.717, 1.165) is 29.5 Å². The van der Waals surface area contributed by atoms with Crippen molar-refractivity contribution in [2.24, 2.45) is 0 Å². The zero-order valence-corrected chi connectivity index (χ0v) is 21.9. The number of carboxylic acids is 1. The largest absolute Gasteiger partial charge is 0.490 e. The number of carbonyl (C=O) groups is 1. The number of nitrogens with zero attached hydrogens (tertiary/aromatic N) is 5. The summed E-state index contributed by atoms with van der Waals surface area (Å²) in [5.41, 5.74) is 4.09. The van der Waals surface area contributed by atoms with Crippen molar-refractivity contribution in [2.75, 3.05) is 0 Å². The molecular weight excluding hydrogens is 496 g/mol. The number of aromatic carboxylic acids is 1. The Morgan fingerprint density at radius 2 is 1.77 bits per heavy atom. The second-order valence-corrected chi connectivity index (χ2v) is 9.26. The average Bonchev–Trinajstić information content (AvgIpc) is 3.47. The Morgan fingerprint density at radius 1 is 1.00 bits per heavy atom. The number of aryl methyl sites for hydroxylation is 1. The van der Waals surface area contributed by atoms with Gasteiger partial charge in [-0.3, -0.25) is 0 Å². The lowest BCUT2D eigenvalue weighted by Crippen LogP contribution is -2.11. The highest BCUT2D eigenvalue weighted by Gasteiger charge is 2.22. The summed E-state index contributed by atoms with van der Waals surface area (Å²) in [6.45, 7) is 5.78. The maximum Gasteiger partial charge on any atom is 0.341 e. The minimum atomic E-state index is -1.14. The molecular formula is C29H28N6O4. The van der Waals surface area contributed by atoms with Gasteiger partial charge < -0.3 is 14.6 Å². The first-order chi connectivity index (χ1) is 18.9. The third-order valence-corrected chi connectivity index (χ3v) is 6.07. The van der Waals surface area contributed by atoms with E-state index in [-0.39, 0.29) is 28.8 Å². The van der Waals surface area contributed by atoms with E-state index in [9.17, 15) is 9.90 Å². The van der Waals surface area contributed by atoms with Gasteiger partial charge in [0.1, 0.15) is 28.3 Å². The molecule has 5 aromatic rings. The normalized spacial score (nSPS) is 11.2. The summed E-state index contributed by atoms with van der Waals surface area (Å²) in [4.78, 5) is 21.6. The topological polar surface area (TPSA) is 136 Å². The van der Waals surface area contributed by atoms with Crippen LogP contribution in [0.2, 0.25) is 0 Å². The summed E-state index contributed by atoms with van der Waals surface area (Å²) in [6, 6.07) is 18.7. The van der Waals surface area contributed by atoms with Crippen LogP contribution in [0, 0.1) is 0 Å². The smallest absolute Gasteiger partial charge is 0.341 e. The fraction of sp³-hybridized carbons (Fsp3) is 0.241. The monoisotopic (exact) mass is 524 g/mol. The van der Waals surface area contributed by atoms with Crippen molar-refractivity contribution >= 4 is 17.0 Å². The van der Waals surface area contributed by atoms with Crippen LogP contribution < -0.4 is 9.47 Å². The molecule has 0 spiro atoms. The molecule has 0 aliphatic rings. The number of carboxylic acid groups (broad SMARTS) is 1. The predicted octanol–water partition coefficient (Wildman–Crippen LogP) is 6.10. The summed E-state index contributed by atoms with van der Waals surface area (Å²) in [5, 5.41) is 24.4. The Hall–Kier alpha value is -4.86. The van der Waals surface area contributed by atoms with Crippen molar-refractivity contribution in [3.8, 4) is 39.9 Å². The molecule has 0 atom stereocenters. The standard InChI is InChI=1S/C29H28N6O4/c1-4-5-10-23-28(31-26-22(30-23)15-16-24(38-17(2)3)25(26)29(36)37)39-19-13-11-18(12-14-19)20-8-6-7-9-21(20)27-32-34-35-33-27/h6-9,11-17H,4-5,10H2,1-3H3,(H,36,37)(H,32,33,34,35). The van der Waals surface area contributed by atoms with E-state index in [4.69, 9.17) is 14.5 Å². The van der Waals surface area contributed by atoms with E-state index in [2.05, 4.69) is 32.5 Å². The average molecular weight is 525 g/mol. The number of tetrazole rings is 1. The number of benzene rings is 3. The molecule has 0 saturated heterocycles. The van der Waals surface area contributed by atoms with Gasteiger partial charge in [-0.2, -0.15) is 5.21 Å². The lowest BCUT2D eigenvalue weighted by atomic mass is 9.99. The van der Waals surface area contributed by atoms with Crippen LogP contribution in [0.15, 0.2) is 60.7 Å². The molecule has 0 bridgehead atoms. The van der Waals surface area contributed by atoms with E-state index in [0.29, 0.717) is 29.2 Å². The lowest BCUT2D eigenvalue weighted by Gasteiger charge is -2.16. The maximum atomic E-state index is 12.2. The second kappa shape index (κ2) is 11.3. The highest BCUT2D eigenvalue weighted by Crippen LogP contribution is 2.34. The number of rotatable bonds is 10. The molecule has 2 N–H and O–H groups in total. The van der Waals surface area contributed by atoms with Crippen LogP contribution >= 0.6 is 0 Å². The molecule has 198 valence electrons. The Kier molecular flexibility index (Phi) is 7.44. The SMILES string of the molecule is CCCCc1nc2ccc(OC(C)C)c(C(=O)O)c2nc1Oc1ccc(-c2ccccc2-c2nn[nH]n2)cc1. The number of hydrogen-bond donors (Lipinski definition) is 2. The molecule has 0 amide bonds. The number of aromatic nitrogens is 6. The third kappa shape index (κ3) is 5.54. The van der Waals surface area contributed by atoms with E-state index in [1.165, 1.54) is 0 Å². The zero-order chi connectivity index (χ0) is 27.4. The maximum absolute atomic E-state index is 12.2. The number of aromatic amines is 1. The minimum absolute atomic E-state index is 0.0333. The van der Waals surface area contributed by atoms with Crippen LogP contribution in [0.3, 0.4) is 0 Å². The molecule has 0 unspecified atom stereocenters. The molecule has 39 heavy (non-hydrogen) atoms. The Labute approximate surface area is 225 Å². The minimum Gasteiger partial charge on any atom is -0.490 e. The number of hydrogen-bond acceptors (Lipinski definition) is 8. The van der Waals surface area contributed by atoms with E-state index in [1.807, 2.05) is 62.4 Å². The van der Waals surface area contributed by atoms with Crippen molar-refractivity contribution in [1.29, 1.82) is 0 Å². The summed E-state index contributed by atoms with van der Waals surface area (Å²) in [6.07, 6.45) is 2.31. The Balaban J connectivity index is 1.53. The van der Waals surface area contributed by atoms with Gasteiger partial charge in [0.05, 0.1) is 11.6 Å². The van der Waals surface area contributed by atoms with Crippen molar-refractivity contribution in [2.45, 2.75) is 46.1 Å². The molecule has 0 aliphatic carbocycles. The van der Waals surface area contributed by atoms with Crippen LogP contribution in [-0.2, 0) is 6.42 Å². The van der Waals surface area contributed by atoms with Crippen molar-refractivity contribution < 1.29 is 19.4 Å². The highest BCUT2D eigenvalue weighted by atomic mass is 16.5. The van der Waals surface area contributed by atoms with Crippen LogP contribution in [0.25, 0.3) is 33.5 Å². The van der Waals surface area contributed by atoms with Crippen LogP contribution in [-0.4, -0.2) is 47.8 Å². The molecule has 5 rings (SSSR count). The van der Waals surface area contributed by atoms with E-state index >= 15 is 0 Å². The van der Waals surface area contributed by atoms with Gasteiger partial charge in [-0.05, 0) is 67.3 Å². The van der Waals surface area contributed by atoms with Gasteiger partial charge >= 0.3 is 5.97 Å². The van der Waals surface area contributed by atoms with Crippen LogP contribution in [0.5, 0.6) is 17.4 Å². The molecule has 2 aromatic heterocycles. The van der Waals surface area contributed by atoms with Gasteiger partial charge in [0, 0.05) is 5.56 Å². The fourth-order valence-corrected chi connectivity index (χ4v) is 4.29. The van der Waals surface area contributed by atoms with Gasteiger partial charge in [0.15, 0.2) is 0 Å². The molecule has 10 heteroatoms. The molecule has 3 aromatic carbocycles. The summed E-state index contributed by atoms with van der Waals surface area (Å²) in [5.74, 6) is 0.445. The first-order valence-electron chi connectivity index (χ1n) is 12.8. The summed E-state index contributed by atoms with van der Waals surface area (Å²) < 4.78 is 12.0. The molecule has 2 heterocycles. The summed E-state index contributed by atoms with van der Waals surface area (Å²) >= 11 is 0. The predicted molar refractivity (Wildman–Crippen MR) is 146 cm³/mol. The molecule has 0 fully saturated rings. The van der Waals surface area contributed by atoms with E-state index < -0.39 is 5.97 Å².